The SMILES string of the molecule is CCC(CC)N1C(=O)[C@@](C)(CC(=O)NNC(N)=O)CCC1c1ccc(Cl)cc1. The van der Waals surface area contributed by atoms with Crippen molar-refractivity contribution in [2.75, 3.05) is 0 Å². The monoisotopic (exact) mass is 408 g/mol. The lowest BCUT2D eigenvalue weighted by Crippen LogP contribution is -2.55. The maximum Gasteiger partial charge on any atom is 0.330 e. The molecule has 1 heterocycles. The molecule has 28 heavy (non-hydrogen) atoms. The minimum Gasteiger partial charge on any atom is -0.350 e. The zero-order valence-electron chi connectivity index (χ0n) is 16.6. The van der Waals surface area contributed by atoms with Gasteiger partial charge in [0, 0.05) is 17.5 Å². The first-order valence-electron chi connectivity index (χ1n) is 9.64. The molecule has 1 saturated heterocycles. The van der Waals surface area contributed by atoms with E-state index < -0.39 is 17.4 Å². The normalized spacial score (nSPS) is 22.2. The lowest BCUT2D eigenvalue weighted by molar-refractivity contribution is -0.156. The Labute approximate surface area is 170 Å². The second-order valence-corrected chi connectivity index (χ2v) is 8.00. The average molecular weight is 409 g/mol. The lowest BCUT2D eigenvalue weighted by atomic mass is 9.74. The van der Waals surface area contributed by atoms with Gasteiger partial charge in [-0.3, -0.25) is 15.0 Å². The van der Waals surface area contributed by atoms with Gasteiger partial charge in [-0.2, -0.15) is 0 Å². The van der Waals surface area contributed by atoms with E-state index in [2.05, 4.69) is 24.7 Å². The molecule has 1 aromatic carbocycles. The fourth-order valence-corrected chi connectivity index (χ4v) is 4.09. The number of primary amides is 1. The van der Waals surface area contributed by atoms with Crippen LogP contribution in [0, 0.1) is 5.41 Å². The third-order valence-corrected chi connectivity index (χ3v) is 5.77. The predicted molar refractivity (Wildman–Crippen MR) is 108 cm³/mol. The topological polar surface area (TPSA) is 105 Å². The summed E-state index contributed by atoms with van der Waals surface area (Å²) >= 11 is 6.02. The van der Waals surface area contributed by atoms with E-state index in [9.17, 15) is 14.4 Å². The molecule has 0 saturated carbocycles. The molecular formula is C20H29ClN4O3. The summed E-state index contributed by atoms with van der Waals surface area (Å²) in [6.07, 6.45) is 2.96. The number of rotatable bonds is 6. The highest BCUT2D eigenvalue weighted by Gasteiger charge is 2.47. The van der Waals surface area contributed by atoms with E-state index in [1.54, 1.807) is 0 Å². The second kappa shape index (κ2) is 9.28. The van der Waals surface area contributed by atoms with Crippen molar-refractivity contribution >= 4 is 29.4 Å². The number of nitrogens with zero attached hydrogens (tertiary/aromatic N) is 1. The quantitative estimate of drug-likeness (QED) is 0.629. The van der Waals surface area contributed by atoms with Gasteiger partial charge in [0.05, 0.1) is 11.5 Å². The van der Waals surface area contributed by atoms with Crippen LogP contribution in [0.4, 0.5) is 4.79 Å². The summed E-state index contributed by atoms with van der Waals surface area (Å²) in [5.41, 5.74) is 9.50. The molecular weight excluding hydrogens is 380 g/mol. The van der Waals surface area contributed by atoms with Crippen molar-refractivity contribution in [2.24, 2.45) is 11.1 Å². The highest BCUT2D eigenvalue weighted by molar-refractivity contribution is 6.30. The van der Waals surface area contributed by atoms with Gasteiger partial charge in [0.2, 0.25) is 11.8 Å². The molecule has 0 bridgehead atoms. The number of hydrogen-bond donors (Lipinski definition) is 3. The average Bonchev–Trinajstić information content (AvgIpc) is 2.65. The molecule has 1 fully saturated rings. The molecule has 154 valence electrons. The molecule has 4 amide bonds. The predicted octanol–water partition coefficient (Wildman–Crippen LogP) is 3.29. The molecule has 0 spiro atoms. The fourth-order valence-electron chi connectivity index (χ4n) is 3.96. The zero-order chi connectivity index (χ0) is 20.9. The van der Waals surface area contributed by atoms with Crippen LogP contribution in [0.1, 0.15) is 64.5 Å². The van der Waals surface area contributed by atoms with Gasteiger partial charge >= 0.3 is 6.03 Å². The fraction of sp³-hybridized carbons (Fsp3) is 0.550. The van der Waals surface area contributed by atoms with E-state index in [1.165, 1.54) is 0 Å². The summed E-state index contributed by atoms with van der Waals surface area (Å²) in [6.45, 7) is 5.94. The Bertz CT molecular complexity index is 721. The molecule has 4 N–H and O–H groups in total. The molecule has 8 heteroatoms. The number of carbonyl (C=O) groups is 3. The molecule has 1 aliphatic heterocycles. The number of likely N-dealkylation sites (tertiary alicyclic amines) is 1. The highest BCUT2D eigenvalue weighted by Crippen LogP contribution is 2.44. The number of hydrazine groups is 1. The van der Waals surface area contributed by atoms with Crippen LogP contribution < -0.4 is 16.6 Å². The van der Waals surface area contributed by atoms with Crippen molar-refractivity contribution in [1.82, 2.24) is 15.8 Å². The minimum absolute atomic E-state index is 0.0178. The van der Waals surface area contributed by atoms with E-state index in [4.69, 9.17) is 17.3 Å². The summed E-state index contributed by atoms with van der Waals surface area (Å²) in [7, 11) is 0. The van der Waals surface area contributed by atoms with Gasteiger partial charge in [0.1, 0.15) is 0 Å². The molecule has 0 aromatic heterocycles. The molecule has 1 aliphatic rings. The maximum atomic E-state index is 13.5. The number of nitrogens with two attached hydrogens (primary N) is 1. The van der Waals surface area contributed by atoms with Crippen molar-refractivity contribution in [2.45, 2.75) is 65.0 Å². The Hall–Kier alpha value is -2.28. The standard InChI is InChI=1S/C20H29ClN4O3/c1-4-15(5-2)25-16(13-6-8-14(21)9-7-13)10-11-20(3,18(25)27)12-17(26)23-24-19(22)28/h6-9,15-16H,4-5,10-12H2,1-3H3,(H,23,26)(H3,22,24,28)/t16?,20-/m1/s1. The first kappa shape index (κ1) is 22.0. The molecule has 2 atom stereocenters. The molecule has 1 aromatic rings. The first-order chi connectivity index (χ1) is 13.2. The number of urea groups is 1. The molecule has 0 aliphatic carbocycles. The van der Waals surface area contributed by atoms with Crippen molar-refractivity contribution in [3.05, 3.63) is 34.9 Å². The number of halogens is 1. The Morgan fingerprint density at radius 1 is 1.25 bits per heavy atom. The van der Waals surface area contributed by atoms with E-state index >= 15 is 0 Å². The Kier molecular flexibility index (Phi) is 7.29. The van der Waals surface area contributed by atoms with Crippen molar-refractivity contribution in [3.63, 3.8) is 0 Å². The van der Waals surface area contributed by atoms with E-state index in [-0.39, 0.29) is 24.4 Å². The van der Waals surface area contributed by atoms with Crippen LogP contribution in [-0.2, 0) is 9.59 Å². The third kappa shape index (κ3) is 4.95. The number of amides is 4. The third-order valence-electron chi connectivity index (χ3n) is 5.52. The zero-order valence-corrected chi connectivity index (χ0v) is 17.4. The largest absolute Gasteiger partial charge is 0.350 e. The second-order valence-electron chi connectivity index (χ2n) is 7.56. The summed E-state index contributed by atoms with van der Waals surface area (Å²) in [5.74, 6) is -0.481. The molecule has 1 unspecified atom stereocenters. The van der Waals surface area contributed by atoms with Crippen LogP contribution in [0.3, 0.4) is 0 Å². The van der Waals surface area contributed by atoms with Gasteiger partial charge in [0.25, 0.3) is 0 Å². The number of carbonyl (C=O) groups excluding carboxylic acids is 3. The van der Waals surface area contributed by atoms with Crippen molar-refractivity contribution in [3.8, 4) is 0 Å². The maximum absolute atomic E-state index is 13.5. The first-order valence-corrected chi connectivity index (χ1v) is 10.0. The van der Waals surface area contributed by atoms with Crippen LogP contribution in [0.5, 0.6) is 0 Å². The van der Waals surface area contributed by atoms with E-state index in [0.29, 0.717) is 11.4 Å². The van der Waals surface area contributed by atoms with Crippen molar-refractivity contribution in [1.29, 1.82) is 0 Å². The van der Waals surface area contributed by atoms with Gasteiger partial charge in [-0.15, -0.1) is 0 Å². The van der Waals surface area contributed by atoms with Crippen LogP contribution in [0.15, 0.2) is 24.3 Å². The summed E-state index contributed by atoms with van der Waals surface area (Å²) in [5, 5.41) is 0.656. The highest BCUT2D eigenvalue weighted by atomic mass is 35.5. The van der Waals surface area contributed by atoms with Gasteiger partial charge in [-0.05, 0) is 43.4 Å². The van der Waals surface area contributed by atoms with Crippen molar-refractivity contribution < 1.29 is 14.4 Å². The number of hydrogen-bond acceptors (Lipinski definition) is 3. The Morgan fingerprint density at radius 3 is 2.39 bits per heavy atom. The molecule has 7 nitrogen and oxygen atoms in total. The van der Waals surface area contributed by atoms with Crippen LogP contribution in [0.25, 0.3) is 0 Å². The minimum atomic E-state index is -0.852. The Morgan fingerprint density at radius 2 is 1.86 bits per heavy atom. The summed E-state index contributed by atoms with van der Waals surface area (Å²) < 4.78 is 0. The number of nitrogens with one attached hydrogen (secondary N) is 2. The Balaban J connectivity index is 2.28. The molecule has 0 radical (unpaired) electrons. The molecule has 2 rings (SSSR count). The van der Waals surface area contributed by atoms with Gasteiger partial charge in [0.15, 0.2) is 0 Å². The number of benzene rings is 1. The lowest BCUT2D eigenvalue weighted by Gasteiger charge is -2.48. The summed E-state index contributed by atoms with van der Waals surface area (Å²) in [6, 6.07) is 6.78. The van der Waals surface area contributed by atoms with Crippen LogP contribution in [-0.4, -0.2) is 28.8 Å². The van der Waals surface area contributed by atoms with E-state index in [0.717, 1.165) is 24.8 Å². The van der Waals surface area contributed by atoms with Gasteiger partial charge < -0.3 is 10.6 Å². The smallest absolute Gasteiger partial charge is 0.330 e. The van der Waals surface area contributed by atoms with Crippen LogP contribution in [0.2, 0.25) is 5.02 Å². The van der Waals surface area contributed by atoms with Gasteiger partial charge in [-0.25, -0.2) is 10.2 Å². The summed E-state index contributed by atoms with van der Waals surface area (Å²) in [4.78, 5) is 38.5. The van der Waals surface area contributed by atoms with Gasteiger partial charge in [-0.1, -0.05) is 44.5 Å². The van der Waals surface area contributed by atoms with Crippen LogP contribution >= 0.6 is 11.6 Å². The van der Waals surface area contributed by atoms with E-state index in [1.807, 2.05) is 36.1 Å². The number of piperidine rings is 1.